The second kappa shape index (κ2) is 8.98. The summed E-state index contributed by atoms with van der Waals surface area (Å²) in [6, 6.07) is 10.2. The third-order valence-corrected chi connectivity index (χ3v) is 4.89. The average Bonchev–Trinajstić information content (AvgIpc) is 2.58. The van der Waals surface area contributed by atoms with Crippen LogP contribution < -0.4 is 4.74 Å². The van der Waals surface area contributed by atoms with Crippen LogP contribution in [0.25, 0.3) is 0 Å². The number of aromatic nitrogens is 1. The molecule has 0 radical (unpaired) electrons. The topological polar surface area (TPSA) is 48.4 Å². The molecule has 29 heavy (non-hydrogen) atoms. The summed E-state index contributed by atoms with van der Waals surface area (Å²) >= 11 is 0. The molecular formula is C25H35NO3. The number of esters is 1. The Morgan fingerprint density at radius 3 is 2.21 bits per heavy atom. The lowest BCUT2D eigenvalue weighted by Crippen LogP contribution is -2.24. The fourth-order valence-electron chi connectivity index (χ4n) is 4.10. The quantitative estimate of drug-likeness (QED) is 0.524. The van der Waals surface area contributed by atoms with Crippen LogP contribution in [0.1, 0.15) is 80.8 Å². The first-order valence-corrected chi connectivity index (χ1v) is 10.3. The van der Waals surface area contributed by atoms with Gasteiger partial charge in [-0.2, -0.15) is 0 Å². The lowest BCUT2D eigenvalue weighted by molar-refractivity contribution is 0.0522. The number of hydrogen-bond donors (Lipinski definition) is 0. The number of carbonyl (C=O) groups excluding carboxylic acids is 1. The molecule has 0 bridgehead atoms. The van der Waals surface area contributed by atoms with Crippen molar-refractivity contribution in [3.05, 3.63) is 58.4 Å². The lowest BCUT2D eigenvalue weighted by atomic mass is 9.72. The Bertz CT molecular complexity index is 846. The van der Waals surface area contributed by atoms with Gasteiger partial charge in [0.15, 0.2) is 0 Å². The highest BCUT2D eigenvalue weighted by Gasteiger charge is 2.27. The molecule has 0 atom stereocenters. The van der Waals surface area contributed by atoms with Crippen molar-refractivity contribution in [2.24, 2.45) is 5.41 Å². The smallest absolute Gasteiger partial charge is 0.340 e. The number of ether oxygens (including phenoxy) is 2. The largest absolute Gasteiger partial charge is 0.489 e. The molecule has 0 spiro atoms. The van der Waals surface area contributed by atoms with Crippen molar-refractivity contribution in [1.29, 1.82) is 0 Å². The Morgan fingerprint density at radius 1 is 1.03 bits per heavy atom. The van der Waals surface area contributed by atoms with E-state index in [1.807, 2.05) is 32.0 Å². The summed E-state index contributed by atoms with van der Waals surface area (Å²) in [5, 5.41) is 0. The van der Waals surface area contributed by atoms with Crippen LogP contribution in [0.2, 0.25) is 0 Å². The molecule has 0 saturated heterocycles. The van der Waals surface area contributed by atoms with Crippen LogP contribution in [0.4, 0.5) is 0 Å². The number of carbonyl (C=O) groups is 1. The normalized spacial score (nSPS) is 12.0. The molecule has 0 aliphatic heterocycles. The van der Waals surface area contributed by atoms with Gasteiger partial charge in [0.2, 0.25) is 0 Å². The van der Waals surface area contributed by atoms with Gasteiger partial charge in [0, 0.05) is 11.3 Å². The van der Waals surface area contributed by atoms with Gasteiger partial charge >= 0.3 is 5.97 Å². The SMILES string of the molecule is CCOC(=O)c1c(COc2ccc(C(C)(C)CC(C)(C)C)cc2)cc(C)nc1C. The summed E-state index contributed by atoms with van der Waals surface area (Å²) in [7, 11) is 0. The molecule has 0 amide bonds. The van der Waals surface area contributed by atoms with Crippen molar-refractivity contribution < 1.29 is 14.3 Å². The van der Waals surface area contributed by atoms with Crippen molar-refractivity contribution in [3.63, 3.8) is 0 Å². The summed E-state index contributed by atoms with van der Waals surface area (Å²) in [6.45, 7) is 17.5. The van der Waals surface area contributed by atoms with Crippen LogP contribution >= 0.6 is 0 Å². The van der Waals surface area contributed by atoms with Crippen LogP contribution in [0.15, 0.2) is 30.3 Å². The molecule has 2 aromatic rings. The van der Waals surface area contributed by atoms with Gasteiger partial charge in [0.1, 0.15) is 12.4 Å². The second-order valence-electron chi connectivity index (χ2n) is 9.54. The maximum absolute atomic E-state index is 12.4. The van der Waals surface area contributed by atoms with Crippen LogP contribution in [0.3, 0.4) is 0 Å². The van der Waals surface area contributed by atoms with Crippen LogP contribution in [0.5, 0.6) is 5.75 Å². The summed E-state index contributed by atoms with van der Waals surface area (Å²) in [5.41, 5.74) is 4.47. The van der Waals surface area contributed by atoms with E-state index in [9.17, 15) is 4.79 Å². The zero-order chi connectivity index (χ0) is 21.8. The van der Waals surface area contributed by atoms with Crippen LogP contribution in [-0.2, 0) is 16.8 Å². The van der Waals surface area contributed by atoms with Crippen molar-refractivity contribution in [2.75, 3.05) is 6.61 Å². The molecule has 2 rings (SSSR count). The monoisotopic (exact) mass is 397 g/mol. The van der Waals surface area contributed by atoms with Gasteiger partial charge in [-0.25, -0.2) is 4.79 Å². The summed E-state index contributed by atoms with van der Waals surface area (Å²) in [6.07, 6.45) is 1.10. The van der Waals surface area contributed by atoms with Gasteiger partial charge in [-0.15, -0.1) is 0 Å². The zero-order valence-corrected chi connectivity index (χ0v) is 19.2. The van der Waals surface area contributed by atoms with Gasteiger partial charge in [-0.3, -0.25) is 4.98 Å². The van der Waals surface area contributed by atoms with E-state index < -0.39 is 0 Å². The minimum Gasteiger partial charge on any atom is -0.489 e. The van der Waals surface area contributed by atoms with E-state index in [-0.39, 0.29) is 16.8 Å². The van der Waals surface area contributed by atoms with E-state index in [0.717, 1.165) is 23.4 Å². The number of aryl methyl sites for hydroxylation is 2. The molecule has 0 N–H and O–H groups in total. The second-order valence-corrected chi connectivity index (χ2v) is 9.54. The third kappa shape index (κ3) is 6.31. The first kappa shape index (κ1) is 22.9. The molecule has 4 nitrogen and oxygen atoms in total. The first-order valence-electron chi connectivity index (χ1n) is 10.3. The van der Waals surface area contributed by atoms with E-state index in [2.05, 4.69) is 51.7 Å². The summed E-state index contributed by atoms with van der Waals surface area (Å²) in [5.74, 6) is 0.428. The third-order valence-electron chi connectivity index (χ3n) is 4.89. The maximum atomic E-state index is 12.4. The Balaban J connectivity index is 2.18. The van der Waals surface area contributed by atoms with Crippen LogP contribution in [-0.4, -0.2) is 17.6 Å². The molecule has 1 aromatic carbocycles. The maximum Gasteiger partial charge on any atom is 0.340 e. The van der Waals surface area contributed by atoms with Crippen molar-refractivity contribution >= 4 is 5.97 Å². The Hall–Kier alpha value is -2.36. The average molecular weight is 398 g/mol. The molecule has 4 heteroatoms. The van der Waals surface area contributed by atoms with E-state index in [1.54, 1.807) is 6.92 Å². The van der Waals surface area contributed by atoms with E-state index in [1.165, 1.54) is 5.56 Å². The molecule has 1 heterocycles. The van der Waals surface area contributed by atoms with Crippen LogP contribution in [0, 0.1) is 19.3 Å². The van der Waals surface area contributed by atoms with E-state index >= 15 is 0 Å². The van der Waals surface area contributed by atoms with Gasteiger partial charge in [0.25, 0.3) is 0 Å². The number of benzene rings is 1. The van der Waals surface area contributed by atoms with Gasteiger partial charge < -0.3 is 9.47 Å². The number of hydrogen-bond acceptors (Lipinski definition) is 4. The predicted molar refractivity (Wildman–Crippen MR) is 118 cm³/mol. The van der Waals surface area contributed by atoms with Crippen molar-refractivity contribution in [2.45, 2.75) is 73.8 Å². The van der Waals surface area contributed by atoms with Gasteiger partial charge in [-0.05, 0) is 61.8 Å². The molecule has 0 unspecified atom stereocenters. The zero-order valence-electron chi connectivity index (χ0n) is 19.2. The predicted octanol–water partition coefficient (Wildman–Crippen LogP) is 6.17. The number of nitrogens with zero attached hydrogens (tertiary/aromatic N) is 1. The molecule has 0 aliphatic rings. The van der Waals surface area contributed by atoms with Crippen molar-refractivity contribution in [3.8, 4) is 5.75 Å². The Morgan fingerprint density at radius 2 is 1.66 bits per heavy atom. The fourth-order valence-corrected chi connectivity index (χ4v) is 4.10. The van der Waals surface area contributed by atoms with E-state index in [4.69, 9.17) is 9.47 Å². The standard InChI is InChI=1S/C25H35NO3/c1-9-28-23(27)22-18(3)26-17(2)14-19(22)15-29-21-12-10-20(11-13-21)25(7,8)16-24(4,5)6/h10-14H,9,15-16H2,1-8H3. The lowest BCUT2D eigenvalue weighted by Gasteiger charge is -2.33. The highest BCUT2D eigenvalue weighted by Crippen LogP contribution is 2.36. The van der Waals surface area contributed by atoms with E-state index in [0.29, 0.717) is 24.5 Å². The first-order chi connectivity index (χ1) is 13.4. The minimum atomic E-state index is -0.352. The molecular weight excluding hydrogens is 362 g/mol. The molecule has 158 valence electrons. The highest BCUT2D eigenvalue weighted by molar-refractivity contribution is 5.92. The Kier molecular flexibility index (Phi) is 7.10. The summed E-state index contributed by atoms with van der Waals surface area (Å²) < 4.78 is 11.2. The molecule has 1 aromatic heterocycles. The summed E-state index contributed by atoms with van der Waals surface area (Å²) in [4.78, 5) is 16.8. The molecule has 0 saturated carbocycles. The minimum absolute atomic E-state index is 0.0905. The number of rotatable bonds is 7. The van der Waals surface area contributed by atoms with Crippen molar-refractivity contribution in [1.82, 2.24) is 4.98 Å². The molecule has 0 fully saturated rings. The number of pyridine rings is 1. The van der Waals surface area contributed by atoms with Gasteiger partial charge in [0.05, 0.1) is 17.9 Å². The van der Waals surface area contributed by atoms with Gasteiger partial charge in [-0.1, -0.05) is 46.8 Å². The Labute approximate surface area is 175 Å². The highest BCUT2D eigenvalue weighted by atomic mass is 16.5. The fraction of sp³-hybridized carbons (Fsp3) is 0.520. The molecule has 0 aliphatic carbocycles.